The topological polar surface area (TPSA) is 43.4 Å². The molecule has 1 saturated heterocycles. The second-order valence-corrected chi connectivity index (χ2v) is 6.84. The van der Waals surface area contributed by atoms with E-state index in [1.807, 2.05) is 0 Å². The zero-order valence-corrected chi connectivity index (χ0v) is 11.2. The molecule has 0 aromatic rings. The first-order chi connectivity index (χ1) is 6.04. The average molecular weight is 336 g/mol. The number of rotatable bonds is 2. The van der Waals surface area contributed by atoms with E-state index in [1.165, 1.54) is 0 Å². The van der Waals surface area contributed by atoms with Crippen molar-refractivity contribution in [3.05, 3.63) is 0 Å². The molecule has 1 aliphatic heterocycles. The van der Waals surface area contributed by atoms with Gasteiger partial charge in [-0.2, -0.15) is 0 Å². The normalized spacial score (nSPS) is 38.8. The van der Waals surface area contributed by atoms with Crippen LogP contribution in [0, 0.1) is 0 Å². The van der Waals surface area contributed by atoms with Gasteiger partial charge in [-0.15, -0.1) is 0 Å². The fourth-order valence-corrected chi connectivity index (χ4v) is 5.97. The van der Waals surface area contributed by atoms with Gasteiger partial charge in [0.2, 0.25) is 0 Å². The van der Waals surface area contributed by atoms with Crippen molar-refractivity contribution in [1.29, 1.82) is 0 Å². The van der Waals surface area contributed by atoms with Crippen molar-refractivity contribution in [2.45, 2.75) is 23.5 Å². The Morgan fingerprint density at radius 1 is 1.38 bits per heavy atom. The van der Waals surface area contributed by atoms with Crippen LogP contribution in [0.2, 0.25) is 0 Å². The third kappa shape index (κ3) is 2.27. The molecule has 1 fully saturated rings. The molecule has 78 valence electrons. The largest absolute Gasteiger partial charge is 0.376 e. The van der Waals surface area contributed by atoms with Crippen molar-refractivity contribution in [1.82, 2.24) is 0 Å². The van der Waals surface area contributed by atoms with E-state index >= 15 is 0 Å². The molecule has 0 aliphatic carbocycles. The maximum absolute atomic E-state index is 11.8. The highest BCUT2D eigenvalue weighted by Crippen LogP contribution is 2.24. The van der Waals surface area contributed by atoms with Gasteiger partial charge < -0.3 is 4.74 Å². The van der Waals surface area contributed by atoms with Crippen LogP contribution in [-0.2, 0) is 14.6 Å². The molecule has 1 heterocycles. The van der Waals surface area contributed by atoms with E-state index in [4.69, 9.17) is 4.74 Å². The summed E-state index contributed by atoms with van der Waals surface area (Å²) < 4.78 is 29.1. The lowest BCUT2D eigenvalue weighted by molar-refractivity contribution is 0.0578. The van der Waals surface area contributed by atoms with Crippen LogP contribution in [0.3, 0.4) is 0 Å². The number of hydrogen-bond acceptors (Lipinski definition) is 3. The van der Waals surface area contributed by atoms with E-state index in [0.717, 1.165) is 0 Å². The number of hydrogen-bond donors (Lipinski definition) is 0. The quantitative estimate of drug-likeness (QED) is 0.715. The first kappa shape index (κ1) is 11.9. The van der Waals surface area contributed by atoms with Gasteiger partial charge in [0, 0.05) is 10.7 Å². The molecule has 3 nitrogen and oxygen atoms in total. The standard InChI is InChI=1S/C7H12Br2O3S/c1-5-7(3-9)13(10,11)6(2-8)4-12-5/h5-7H,2-4H2,1H3/t5-,6+,7+/m0/s1. The van der Waals surface area contributed by atoms with E-state index in [1.54, 1.807) is 6.92 Å². The SMILES string of the molecule is C[C@@H]1OC[C@@H](CBr)S(=O)(=O)[C@@H]1CBr. The monoisotopic (exact) mass is 334 g/mol. The average Bonchev–Trinajstić information content (AvgIpc) is 2.04. The zero-order chi connectivity index (χ0) is 10.1. The molecule has 0 N–H and O–H groups in total. The van der Waals surface area contributed by atoms with Crippen LogP contribution >= 0.6 is 31.9 Å². The van der Waals surface area contributed by atoms with Crippen LogP contribution in [0.5, 0.6) is 0 Å². The van der Waals surface area contributed by atoms with Crippen LogP contribution in [0.25, 0.3) is 0 Å². The van der Waals surface area contributed by atoms with Gasteiger partial charge >= 0.3 is 0 Å². The van der Waals surface area contributed by atoms with Gasteiger partial charge in [0.05, 0.1) is 23.2 Å². The first-order valence-corrected chi connectivity index (χ1v) is 7.85. The molecule has 0 bridgehead atoms. The summed E-state index contributed by atoms with van der Waals surface area (Å²) in [6.07, 6.45) is -0.209. The Kier molecular flexibility index (Phi) is 4.22. The second-order valence-electron chi connectivity index (χ2n) is 3.10. The van der Waals surface area contributed by atoms with Crippen molar-refractivity contribution in [2.24, 2.45) is 0 Å². The Balaban J connectivity index is 2.92. The summed E-state index contributed by atoms with van der Waals surface area (Å²) in [5, 5.41) is 0.0843. The molecule has 0 aromatic carbocycles. The lowest BCUT2D eigenvalue weighted by Crippen LogP contribution is -2.49. The summed E-state index contributed by atoms with van der Waals surface area (Å²) in [5.41, 5.74) is 0. The second kappa shape index (κ2) is 4.59. The summed E-state index contributed by atoms with van der Waals surface area (Å²) in [6.45, 7) is 2.10. The van der Waals surface area contributed by atoms with E-state index in [9.17, 15) is 8.42 Å². The molecule has 0 aromatic heterocycles. The van der Waals surface area contributed by atoms with Crippen molar-refractivity contribution >= 4 is 41.7 Å². The van der Waals surface area contributed by atoms with Crippen molar-refractivity contribution in [2.75, 3.05) is 17.3 Å². The third-order valence-electron chi connectivity index (χ3n) is 2.28. The maximum atomic E-state index is 11.8. The smallest absolute Gasteiger partial charge is 0.162 e. The molecule has 0 amide bonds. The van der Waals surface area contributed by atoms with Gasteiger partial charge in [-0.05, 0) is 6.92 Å². The molecule has 0 spiro atoms. The van der Waals surface area contributed by atoms with Crippen molar-refractivity contribution < 1.29 is 13.2 Å². The summed E-state index contributed by atoms with van der Waals surface area (Å²) in [6, 6.07) is 0. The van der Waals surface area contributed by atoms with Gasteiger partial charge in [0.15, 0.2) is 9.84 Å². The molecule has 6 heteroatoms. The molecule has 0 saturated carbocycles. The van der Waals surface area contributed by atoms with Crippen LogP contribution in [0.4, 0.5) is 0 Å². The summed E-state index contributed by atoms with van der Waals surface area (Å²) >= 11 is 6.40. The predicted molar refractivity (Wildman–Crippen MR) is 59.5 cm³/mol. The highest BCUT2D eigenvalue weighted by Gasteiger charge is 2.41. The van der Waals surface area contributed by atoms with E-state index < -0.39 is 20.3 Å². The van der Waals surface area contributed by atoms with Gasteiger partial charge in [-0.3, -0.25) is 0 Å². The third-order valence-corrected chi connectivity index (χ3v) is 7.24. The fourth-order valence-electron chi connectivity index (χ4n) is 1.32. The fraction of sp³-hybridized carbons (Fsp3) is 1.00. The van der Waals surface area contributed by atoms with Gasteiger partial charge in [0.25, 0.3) is 0 Å². The van der Waals surface area contributed by atoms with Crippen molar-refractivity contribution in [3.8, 4) is 0 Å². The van der Waals surface area contributed by atoms with Crippen LogP contribution < -0.4 is 0 Å². The number of sulfone groups is 1. The van der Waals surface area contributed by atoms with Crippen LogP contribution in [0.15, 0.2) is 0 Å². The van der Waals surface area contributed by atoms with E-state index in [2.05, 4.69) is 31.9 Å². The molecule has 1 aliphatic rings. The Bertz CT molecular complexity index is 265. The summed E-state index contributed by atoms with van der Waals surface area (Å²) in [4.78, 5) is 0. The predicted octanol–water partition coefficient (Wildman–Crippen LogP) is 1.35. The molecule has 0 radical (unpaired) electrons. The molecule has 1 rings (SSSR count). The minimum atomic E-state index is -3.03. The minimum Gasteiger partial charge on any atom is -0.376 e. The van der Waals surface area contributed by atoms with Gasteiger partial charge in [-0.25, -0.2) is 8.42 Å². The highest BCUT2D eigenvalue weighted by molar-refractivity contribution is 9.09. The molecule has 13 heavy (non-hydrogen) atoms. The number of halogens is 2. The Morgan fingerprint density at radius 3 is 2.46 bits per heavy atom. The Morgan fingerprint density at radius 2 is 2.00 bits per heavy atom. The maximum Gasteiger partial charge on any atom is 0.162 e. The van der Waals surface area contributed by atoms with Crippen molar-refractivity contribution in [3.63, 3.8) is 0 Å². The minimum absolute atomic E-state index is 0.209. The summed E-state index contributed by atoms with van der Waals surface area (Å²) in [5.74, 6) is 0. The molecule has 3 atom stereocenters. The van der Waals surface area contributed by atoms with Crippen LogP contribution in [0.1, 0.15) is 6.92 Å². The van der Waals surface area contributed by atoms with E-state index in [0.29, 0.717) is 17.3 Å². The van der Waals surface area contributed by atoms with E-state index in [-0.39, 0.29) is 6.10 Å². The zero-order valence-electron chi connectivity index (χ0n) is 7.24. The number of ether oxygens (including phenoxy) is 1. The lowest BCUT2D eigenvalue weighted by Gasteiger charge is -2.32. The Hall–Kier alpha value is 0.870. The van der Waals surface area contributed by atoms with Gasteiger partial charge in [-0.1, -0.05) is 31.9 Å². The molecular weight excluding hydrogens is 324 g/mol. The van der Waals surface area contributed by atoms with Gasteiger partial charge in [0.1, 0.15) is 0 Å². The summed E-state index contributed by atoms with van der Waals surface area (Å²) in [7, 11) is -3.03. The molecule has 0 unspecified atom stereocenters. The van der Waals surface area contributed by atoms with Crippen LogP contribution in [-0.4, -0.2) is 42.3 Å². The Labute approximate surface area is 95.4 Å². The number of alkyl halides is 2. The lowest BCUT2D eigenvalue weighted by atomic mass is 10.3. The first-order valence-electron chi connectivity index (χ1n) is 4.00. The molecular formula is C7H12Br2O3S. The highest BCUT2D eigenvalue weighted by atomic mass is 79.9.